The average Bonchev–Trinajstić information content (AvgIpc) is 2.38. The fourth-order valence-corrected chi connectivity index (χ4v) is 1.87. The van der Waals surface area contributed by atoms with Crippen LogP contribution in [0.15, 0.2) is 54.1 Å². The van der Waals surface area contributed by atoms with E-state index in [0.717, 1.165) is 12.2 Å². The van der Waals surface area contributed by atoms with Gasteiger partial charge in [-0.25, -0.2) is 0 Å². The molecule has 0 radical (unpaired) electrons. The summed E-state index contributed by atoms with van der Waals surface area (Å²) in [5.41, 5.74) is 2.78. The minimum absolute atomic E-state index is 0.303. The van der Waals surface area contributed by atoms with E-state index in [1.165, 1.54) is 11.1 Å². The van der Waals surface area contributed by atoms with Crippen molar-refractivity contribution < 1.29 is 4.74 Å². The van der Waals surface area contributed by atoms with Gasteiger partial charge in [-0.1, -0.05) is 56.4 Å². The molecule has 0 unspecified atom stereocenters. The lowest BCUT2D eigenvalue weighted by Crippen LogP contribution is -2.08. The molecule has 1 nitrogen and oxygen atoms in total. The van der Waals surface area contributed by atoms with E-state index in [2.05, 4.69) is 56.4 Å². The first kappa shape index (κ1) is 12.7. The van der Waals surface area contributed by atoms with Gasteiger partial charge < -0.3 is 4.74 Å². The van der Waals surface area contributed by atoms with E-state index in [1.54, 1.807) is 7.11 Å². The van der Waals surface area contributed by atoms with E-state index in [0.29, 0.717) is 5.41 Å². The molecule has 0 spiro atoms. The van der Waals surface area contributed by atoms with E-state index in [9.17, 15) is 0 Å². The third kappa shape index (κ3) is 3.36. The number of rotatable bonds is 3. The van der Waals surface area contributed by atoms with Crippen LogP contribution in [0.5, 0.6) is 5.75 Å². The van der Waals surface area contributed by atoms with Gasteiger partial charge in [-0.05, 0) is 35.1 Å². The van der Waals surface area contributed by atoms with Gasteiger partial charge in [0.05, 0.1) is 7.11 Å². The quantitative estimate of drug-likeness (QED) is 0.749. The Hall–Kier alpha value is -1.76. The Bertz CT molecular complexity index is 487. The number of benzene rings is 1. The summed E-state index contributed by atoms with van der Waals surface area (Å²) in [4.78, 5) is 0. The summed E-state index contributed by atoms with van der Waals surface area (Å²) >= 11 is 0. The molecule has 0 atom stereocenters. The molecule has 1 aliphatic carbocycles. The first-order valence-corrected chi connectivity index (χ1v) is 6.31. The van der Waals surface area contributed by atoms with Crippen LogP contribution in [-0.2, 0) is 0 Å². The third-order valence-electron chi connectivity index (χ3n) is 3.17. The molecule has 0 saturated heterocycles. The molecule has 0 N–H and O–H groups in total. The van der Waals surface area contributed by atoms with Gasteiger partial charge >= 0.3 is 0 Å². The van der Waals surface area contributed by atoms with Crippen LogP contribution in [-0.4, -0.2) is 7.11 Å². The topological polar surface area (TPSA) is 9.23 Å². The Kier molecular flexibility index (Phi) is 3.71. The van der Waals surface area contributed by atoms with Crippen molar-refractivity contribution >= 4 is 6.08 Å². The van der Waals surface area contributed by atoms with Crippen LogP contribution in [0, 0.1) is 5.41 Å². The third-order valence-corrected chi connectivity index (χ3v) is 3.17. The molecule has 1 aliphatic rings. The van der Waals surface area contributed by atoms with Gasteiger partial charge in [0.2, 0.25) is 0 Å². The van der Waals surface area contributed by atoms with E-state index in [1.807, 2.05) is 12.1 Å². The Balaban J connectivity index is 2.03. The molecular formula is C17H20O. The smallest absolute Gasteiger partial charge is 0.118 e. The van der Waals surface area contributed by atoms with Crippen molar-refractivity contribution in [2.24, 2.45) is 5.41 Å². The molecule has 0 heterocycles. The standard InChI is InChI=1S/C17H20O/c1-17(2)12-10-15(11-13-17)5-4-14-6-8-16(18-3)9-7-14/h4-12H,13H2,1-3H3/b5-4+. The number of ether oxygens (including phenoxy) is 1. The molecule has 1 aromatic rings. The van der Waals surface area contributed by atoms with Crippen LogP contribution in [0.3, 0.4) is 0 Å². The molecule has 0 bridgehead atoms. The SMILES string of the molecule is COc1ccc(/C=C/C2=CCC(C)(C)C=C2)cc1. The van der Waals surface area contributed by atoms with Gasteiger partial charge in [-0.3, -0.25) is 0 Å². The minimum atomic E-state index is 0.303. The fourth-order valence-electron chi connectivity index (χ4n) is 1.87. The molecule has 0 aromatic heterocycles. The van der Waals surface area contributed by atoms with Crippen LogP contribution in [0.2, 0.25) is 0 Å². The van der Waals surface area contributed by atoms with Gasteiger partial charge in [0, 0.05) is 0 Å². The Morgan fingerprint density at radius 2 is 1.83 bits per heavy atom. The van der Waals surface area contributed by atoms with Crippen molar-refractivity contribution in [1.29, 1.82) is 0 Å². The highest BCUT2D eigenvalue weighted by atomic mass is 16.5. The largest absolute Gasteiger partial charge is 0.497 e. The number of allylic oxidation sites excluding steroid dienone is 5. The zero-order chi connectivity index (χ0) is 13.0. The zero-order valence-corrected chi connectivity index (χ0v) is 11.3. The molecule has 18 heavy (non-hydrogen) atoms. The maximum atomic E-state index is 5.14. The summed E-state index contributed by atoms with van der Waals surface area (Å²) in [6.45, 7) is 4.51. The van der Waals surface area contributed by atoms with Crippen molar-refractivity contribution in [3.63, 3.8) is 0 Å². The summed E-state index contributed by atoms with van der Waals surface area (Å²) in [6, 6.07) is 8.08. The lowest BCUT2D eigenvalue weighted by molar-refractivity contribution is 0.415. The first-order valence-electron chi connectivity index (χ1n) is 6.31. The minimum Gasteiger partial charge on any atom is -0.497 e. The van der Waals surface area contributed by atoms with Gasteiger partial charge in [-0.2, -0.15) is 0 Å². The van der Waals surface area contributed by atoms with Gasteiger partial charge in [0.1, 0.15) is 5.75 Å². The highest BCUT2D eigenvalue weighted by Gasteiger charge is 2.14. The van der Waals surface area contributed by atoms with Gasteiger partial charge in [-0.15, -0.1) is 0 Å². The van der Waals surface area contributed by atoms with E-state index >= 15 is 0 Å². The molecule has 2 rings (SSSR count). The number of hydrogen-bond acceptors (Lipinski definition) is 1. The summed E-state index contributed by atoms with van der Waals surface area (Å²) in [6.07, 6.45) is 12.2. The van der Waals surface area contributed by atoms with Crippen LogP contribution in [0.25, 0.3) is 6.08 Å². The first-order chi connectivity index (χ1) is 8.59. The Morgan fingerprint density at radius 3 is 2.39 bits per heavy atom. The normalized spacial score (nSPS) is 17.8. The van der Waals surface area contributed by atoms with Crippen molar-refractivity contribution in [3.05, 3.63) is 59.7 Å². The molecule has 1 aromatic carbocycles. The lowest BCUT2D eigenvalue weighted by atomic mass is 9.84. The second-order valence-electron chi connectivity index (χ2n) is 5.34. The fraction of sp³-hybridized carbons (Fsp3) is 0.294. The molecular weight excluding hydrogens is 220 g/mol. The maximum absolute atomic E-state index is 5.14. The van der Waals surface area contributed by atoms with Crippen LogP contribution >= 0.6 is 0 Å². The van der Waals surface area contributed by atoms with E-state index in [-0.39, 0.29) is 0 Å². The molecule has 0 aliphatic heterocycles. The number of hydrogen-bond donors (Lipinski definition) is 0. The van der Waals surface area contributed by atoms with Crippen molar-refractivity contribution in [2.75, 3.05) is 7.11 Å². The highest BCUT2D eigenvalue weighted by Crippen LogP contribution is 2.28. The van der Waals surface area contributed by atoms with Crippen molar-refractivity contribution in [3.8, 4) is 5.75 Å². The Labute approximate surface area is 109 Å². The summed E-state index contributed by atoms with van der Waals surface area (Å²) in [7, 11) is 1.68. The second-order valence-corrected chi connectivity index (χ2v) is 5.34. The Morgan fingerprint density at radius 1 is 1.11 bits per heavy atom. The summed E-state index contributed by atoms with van der Waals surface area (Å²) in [5.74, 6) is 0.894. The van der Waals surface area contributed by atoms with Crippen LogP contribution in [0.4, 0.5) is 0 Å². The molecule has 0 amide bonds. The predicted molar refractivity (Wildman–Crippen MR) is 77.6 cm³/mol. The number of methoxy groups -OCH3 is 1. The lowest BCUT2D eigenvalue weighted by Gasteiger charge is -2.21. The van der Waals surface area contributed by atoms with Crippen LogP contribution < -0.4 is 4.74 Å². The summed E-state index contributed by atoms with van der Waals surface area (Å²) < 4.78 is 5.14. The zero-order valence-electron chi connectivity index (χ0n) is 11.3. The molecule has 94 valence electrons. The van der Waals surface area contributed by atoms with Crippen molar-refractivity contribution in [1.82, 2.24) is 0 Å². The van der Waals surface area contributed by atoms with E-state index < -0.39 is 0 Å². The van der Waals surface area contributed by atoms with Crippen LogP contribution in [0.1, 0.15) is 25.8 Å². The summed E-state index contributed by atoms with van der Waals surface area (Å²) in [5, 5.41) is 0. The molecule has 0 saturated carbocycles. The molecule has 0 fully saturated rings. The average molecular weight is 240 g/mol. The molecule has 1 heteroatoms. The van der Waals surface area contributed by atoms with Gasteiger partial charge in [0.15, 0.2) is 0 Å². The monoisotopic (exact) mass is 240 g/mol. The van der Waals surface area contributed by atoms with E-state index in [4.69, 9.17) is 4.74 Å². The predicted octanol–water partition coefficient (Wildman–Crippen LogP) is 4.62. The van der Waals surface area contributed by atoms with Crippen molar-refractivity contribution in [2.45, 2.75) is 20.3 Å². The second kappa shape index (κ2) is 5.26. The maximum Gasteiger partial charge on any atom is 0.118 e. The van der Waals surface area contributed by atoms with Gasteiger partial charge in [0.25, 0.3) is 0 Å². The highest BCUT2D eigenvalue weighted by molar-refractivity contribution is 5.56.